The molecule has 0 saturated carbocycles. The van der Waals surface area contributed by atoms with Gasteiger partial charge in [0.2, 0.25) is 5.91 Å². The second kappa shape index (κ2) is 4.78. The van der Waals surface area contributed by atoms with E-state index < -0.39 is 0 Å². The highest BCUT2D eigenvalue weighted by atomic mass is 16.1. The molecule has 1 saturated heterocycles. The van der Waals surface area contributed by atoms with Crippen molar-refractivity contribution in [2.45, 2.75) is 12.8 Å². The van der Waals surface area contributed by atoms with Crippen LogP contribution in [-0.4, -0.2) is 25.5 Å². The molecule has 0 spiro atoms. The van der Waals surface area contributed by atoms with Gasteiger partial charge < -0.3 is 10.6 Å². The average Bonchev–Trinajstić information content (AvgIpc) is 2.15. The Balaban J connectivity index is 2.26. The summed E-state index contributed by atoms with van der Waals surface area (Å²) in [4.78, 5) is 11.3. The fourth-order valence-electron chi connectivity index (χ4n) is 1.36. The van der Waals surface area contributed by atoms with Crippen molar-refractivity contribution in [2.75, 3.05) is 19.6 Å². The lowest BCUT2D eigenvalue weighted by atomic mass is 9.99. The molecule has 0 aromatic rings. The minimum Gasteiger partial charge on any atom is -0.345 e. The lowest BCUT2D eigenvalue weighted by molar-refractivity contribution is -0.125. The Morgan fingerprint density at radius 3 is 3.17 bits per heavy atom. The predicted molar refractivity (Wildman–Crippen MR) is 47.4 cm³/mol. The van der Waals surface area contributed by atoms with Gasteiger partial charge in [0.25, 0.3) is 0 Å². The van der Waals surface area contributed by atoms with Crippen LogP contribution in [0.1, 0.15) is 12.8 Å². The van der Waals surface area contributed by atoms with E-state index in [0.29, 0.717) is 6.54 Å². The molecule has 66 valence electrons. The molecule has 3 nitrogen and oxygen atoms in total. The molecule has 1 atom stereocenters. The maximum absolute atomic E-state index is 11.3. The Bertz CT molecular complexity index is 189. The van der Waals surface area contributed by atoms with Crippen LogP contribution < -0.4 is 10.6 Å². The monoisotopic (exact) mass is 166 g/mol. The van der Waals surface area contributed by atoms with Gasteiger partial charge in [-0.2, -0.15) is 0 Å². The van der Waals surface area contributed by atoms with Gasteiger partial charge >= 0.3 is 0 Å². The minimum atomic E-state index is 0.0835. The fourth-order valence-corrected chi connectivity index (χ4v) is 1.36. The summed E-state index contributed by atoms with van der Waals surface area (Å²) >= 11 is 0. The van der Waals surface area contributed by atoms with Crippen LogP contribution in [0, 0.1) is 18.3 Å². The SMILES string of the molecule is C#CCNC(=O)[C@@H]1CCCNC1. The normalized spacial score (nSPS) is 22.8. The summed E-state index contributed by atoms with van der Waals surface area (Å²) in [6.07, 6.45) is 7.08. The second-order valence-electron chi connectivity index (χ2n) is 2.97. The Morgan fingerprint density at radius 2 is 2.58 bits per heavy atom. The quantitative estimate of drug-likeness (QED) is 0.555. The maximum Gasteiger partial charge on any atom is 0.225 e. The second-order valence-corrected chi connectivity index (χ2v) is 2.97. The zero-order chi connectivity index (χ0) is 8.81. The van der Waals surface area contributed by atoms with Gasteiger partial charge in [-0.3, -0.25) is 4.79 Å². The largest absolute Gasteiger partial charge is 0.345 e. The van der Waals surface area contributed by atoms with Crippen molar-refractivity contribution >= 4 is 5.91 Å². The molecule has 12 heavy (non-hydrogen) atoms. The molecule has 0 aromatic heterocycles. The van der Waals surface area contributed by atoms with E-state index in [4.69, 9.17) is 6.42 Å². The molecule has 1 aliphatic rings. The highest BCUT2D eigenvalue weighted by Gasteiger charge is 2.19. The van der Waals surface area contributed by atoms with Crippen molar-refractivity contribution in [3.05, 3.63) is 0 Å². The third-order valence-corrected chi connectivity index (χ3v) is 2.03. The first-order chi connectivity index (χ1) is 5.84. The van der Waals surface area contributed by atoms with Gasteiger partial charge in [-0.05, 0) is 19.4 Å². The van der Waals surface area contributed by atoms with E-state index in [9.17, 15) is 4.79 Å². The Kier molecular flexibility index (Phi) is 3.62. The minimum absolute atomic E-state index is 0.0835. The highest BCUT2D eigenvalue weighted by molar-refractivity contribution is 5.79. The number of rotatable bonds is 2. The predicted octanol–water partition coefficient (Wildman–Crippen LogP) is -0.265. The highest BCUT2D eigenvalue weighted by Crippen LogP contribution is 2.09. The number of nitrogens with one attached hydrogen (secondary N) is 2. The third-order valence-electron chi connectivity index (χ3n) is 2.03. The average molecular weight is 166 g/mol. The number of amides is 1. The molecule has 1 rings (SSSR count). The summed E-state index contributed by atoms with van der Waals surface area (Å²) in [7, 11) is 0. The fraction of sp³-hybridized carbons (Fsp3) is 0.667. The Morgan fingerprint density at radius 1 is 1.75 bits per heavy atom. The van der Waals surface area contributed by atoms with Gasteiger partial charge in [-0.15, -0.1) is 6.42 Å². The van der Waals surface area contributed by atoms with Crippen LogP contribution in [0.15, 0.2) is 0 Å². The summed E-state index contributed by atoms with van der Waals surface area (Å²) in [6, 6.07) is 0. The van der Waals surface area contributed by atoms with E-state index in [-0.39, 0.29) is 11.8 Å². The summed E-state index contributed by atoms with van der Waals surface area (Å²) in [6.45, 7) is 2.16. The van der Waals surface area contributed by atoms with E-state index >= 15 is 0 Å². The van der Waals surface area contributed by atoms with Crippen LogP contribution in [0.5, 0.6) is 0 Å². The molecule has 0 aromatic carbocycles. The van der Waals surface area contributed by atoms with Crippen molar-refractivity contribution in [1.82, 2.24) is 10.6 Å². The number of carbonyl (C=O) groups excluding carboxylic acids is 1. The number of hydrogen-bond acceptors (Lipinski definition) is 2. The van der Waals surface area contributed by atoms with Crippen LogP contribution in [0.2, 0.25) is 0 Å². The Hall–Kier alpha value is -1.01. The van der Waals surface area contributed by atoms with Gasteiger partial charge in [0.15, 0.2) is 0 Å². The molecule has 0 unspecified atom stereocenters. The molecule has 2 N–H and O–H groups in total. The summed E-state index contributed by atoms with van der Waals surface area (Å²) < 4.78 is 0. The number of piperidine rings is 1. The molecular formula is C9H14N2O. The first-order valence-corrected chi connectivity index (χ1v) is 4.26. The smallest absolute Gasteiger partial charge is 0.225 e. The summed E-state index contributed by atoms with van der Waals surface area (Å²) in [5.74, 6) is 2.59. The molecule has 1 amide bonds. The number of carbonyl (C=O) groups is 1. The van der Waals surface area contributed by atoms with Crippen molar-refractivity contribution < 1.29 is 4.79 Å². The molecular weight excluding hydrogens is 152 g/mol. The van der Waals surface area contributed by atoms with Crippen LogP contribution in [0.25, 0.3) is 0 Å². The Labute approximate surface area is 72.9 Å². The summed E-state index contributed by atoms with van der Waals surface area (Å²) in [5.41, 5.74) is 0. The van der Waals surface area contributed by atoms with E-state index in [1.807, 2.05) is 0 Å². The third kappa shape index (κ3) is 2.55. The van der Waals surface area contributed by atoms with Crippen LogP contribution in [0.4, 0.5) is 0 Å². The molecule has 0 aliphatic carbocycles. The molecule has 0 bridgehead atoms. The van der Waals surface area contributed by atoms with Gasteiger partial charge in [-0.1, -0.05) is 5.92 Å². The van der Waals surface area contributed by atoms with Crippen molar-refractivity contribution in [3.8, 4) is 12.3 Å². The van der Waals surface area contributed by atoms with Crippen molar-refractivity contribution in [1.29, 1.82) is 0 Å². The van der Waals surface area contributed by atoms with Crippen molar-refractivity contribution in [3.63, 3.8) is 0 Å². The summed E-state index contributed by atoms with van der Waals surface area (Å²) in [5, 5.41) is 5.87. The first-order valence-electron chi connectivity index (χ1n) is 4.26. The zero-order valence-corrected chi connectivity index (χ0v) is 7.10. The molecule has 1 aliphatic heterocycles. The zero-order valence-electron chi connectivity index (χ0n) is 7.10. The van der Waals surface area contributed by atoms with Crippen molar-refractivity contribution in [2.24, 2.45) is 5.92 Å². The molecule has 0 radical (unpaired) electrons. The molecule has 3 heteroatoms. The lowest BCUT2D eigenvalue weighted by Crippen LogP contribution is -2.40. The first kappa shape index (κ1) is 9.08. The van der Waals surface area contributed by atoms with Gasteiger partial charge in [0.05, 0.1) is 12.5 Å². The van der Waals surface area contributed by atoms with Crippen LogP contribution >= 0.6 is 0 Å². The maximum atomic E-state index is 11.3. The van der Waals surface area contributed by atoms with E-state index in [0.717, 1.165) is 25.9 Å². The number of terminal acetylenes is 1. The van der Waals surface area contributed by atoms with Crippen LogP contribution in [0.3, 0.4) is 0 Å². The van der Waals surface area contributed by atoms with Gasteiger partial charge in [0.1, 0.15) is 0 Å². The van der Waals surface area contributed by atoms with Crippen LogP contribution in [-0.2, 0) is 4.79 Å². The topological polar surface area (TPSA) is 41.1 Å². The van der Waals surface area contributed by atoms with E-state index in [1.165, 1.54) is 0 Å². The standard InChI is InChI=1S/C9H14N2O/c1-2-5-11-9(12)8-4-3-6-10-7-8/h1,8,10H,3-7H2,(H,11,12)/t8-/m1/s1. The number of hydrogen-bond donors (Lipinski definition) is 2. The van der Waals surface area contributed by atoms with Gasteiger partial charge in [-0.25, -0.2) is 0 Å². The molecule has 1 fully saturated rings. The van der Waals surface area contributed by atoms with Gasteiger partial charge in [0, 0.05) is 6.54 Å². The van der Waals surface area contributed by atoms with E-state index in [1.54, 1.807) is 0 Å². The lowest BCUT2D eigenvalue weighted by Gasteiger charge is -2.21. The molecule has 1 heterocycles. The van der Waals surface area contributed by atoms with E-state index in [2.05, 4.69) is 16.6 Å².